The van der Waals surface area contributed by atoms with Crippen LogP contribution in [0, 0.1) is 29.1 Å². The number of carbonyl (C=O) groups is 2. The lowest BCUT2D eigenvalue weighted by Gasteiger charge is -2.30. The summed E-state index contributed by atoms with van der Waals surface area (Å²) < 4.78 is 7.97. The van der Waals surface area contributed by atoms with E-state index in [9.17, 15) is 14.5 Å². The number of aromatic nitrogens is 2. The molecule has 0 amide bonds. The maximum atomic E-state index is 13.2. The van der Waals surface area contributed by atoms with E-state index in [-0.39, 0.29) is 24.1 Å². The van der Waals surface area contributed by atoms with E-state index < -0.39 is 23.5 Å². The minimum Gasteiger partial charge on any atom is -0.457 e. The van der Waals surface area contributed by atoms with Crippen LogP contribution in [0.25, 0.3) is 11.0 Å². The Bertz CT molecular complexity index is 1100. The summed E-state index contributed by atoms with van der Waals surface area (Å²) in [4.78, 5) is 42.4. The van der Waals surface area contributed by atoms with E-state index in [0.29, 0.717) is 12.8 Å². The highest BCUT2D eigenvalue weighted by molar-refractivity contribution is 5.87. The Hall–Kier alpha value is -2.83. The van der Waals surface area contributed by atoms with Crippen LogP contribution < -0.4 is 0 Å². The zero-order chi connectivity index (χ0) is 25.8. The van der Waals surface area contributed by atoms with Gasteiger partial charge in [-0.2, -0.15) is 4.91 Å². The lowest BCUT2D eigenvalue weighted by molar-refractivity contribution is -0.150. The van der Waals surface area contributed by atoms with Gasteiger partial charge in [0.25, 0.3) is 0 Å². The Morgan fingerprint density at radius 2 is 1.91 bits per heavy atom. The van der Waals surface area contributed by atoms with Gasteiger partial charge in [0.2, 0.25) is 0 Å². The van der Waals surface area contributed by atoms with Crippen molar-refractivity contribution in [2.24, 2.45) is 29.5 Å². The van der Waals surface area contributed by atoms with Gasteiger partial charge in [0.1, 0.15) is 23.8 Å². The van der Waals surface area contributed by atoms with Crippen LogP contribution in [0.4, 0.5) is 0 Å². The Morgan fingerprint density at radius 1 is 1.17 bits per heavy atom. The molecule has 0 bridgehead atoms. The number of hydrogen-bond donors (Lipinski definition) is 0. The normalized spacial score (nSPS) is 27.9. The molecule has 0 saturated carbocycles. The first-order chi connectivity index (χ1) is 16.5. The Morgan fingerprint density at radius 3 is 2.63 bits per heavy atom. The molecule has 1 aliphatic rings. The van der Waals surface area contributed by atoms with Crippen molar-refractivity contribution in [1.29, 1.82) is 0 Å². The minimum atomic E-state index is -0.752. The van der Waals surface area contributed by atoms with Gasteiger partial charge in [-0.05, 0) is 56.2 Å². The number of ether oxygens (including phenoxy) is 1. The monoisotopic (exact) mass is 481 g/mol. The summed E-state index contributed by atoms with van der Waals surface area (Å²) in [5.74, 6) is 0.100. The summed E-state index contributed by atoms with van der Waals surface area (Å²) in [6.45, 7) is 9.43. The zero-order valence-electron chi connectivity index (χ0n) is 21.9. The molecule has 0 saturated heterocycles. The third-order valence-corrected chi connectivity index (χ3v) is 7.57. The molecular formula is C28H39N3O4. The standard InChI is InChI=1S/C28H39N3O4/c1-18-11-9-7-8-10-12-24(21-13-14-23-22(17-21)29-20(3)31(23)6)35-25(32)15-16-28(4,5)27(33)19(2)26(18)30-34/h8,10,13-14,17-19,24,26H,7,9,11-12,15-16H2,1-6H3/b10-8+/t18-,19+,24?,26?/m0/s1. The number of Topliss-reactive ketones (excluding diaryl/α,β-unsaturated/α-hetero) is 1. The summed E-state index contributed by atoms with van der Waals surface area (Å²) in [5, 5.41) is 3.33. The molecule has 4 atom stereocenters. The molecule has 0 aliphatic carbocycles. The average molecular weight is 482 g/mol. The van der Waals surface area contributed by atoms with Crippen LogP contribution in [0.1, 0.15) is 83.7 Å². The number of rotatable bonds is 2. The highest BCUT2D eigenvalue weighted by Gasteiger charge is 2.38. The Balaban J connectivity index is 1.86. The molecule has 190 valence electrons. The molecule has 2 heterocycles. The fraction of sp³-hybridized carbons (Fsp3) is 0.607. The number of imidazole rings is 1. The first-order valence-electron chi connectivity index (χ1n) is 12.7. The summed E-state index contributed by atoms with van der Waals surface area (Å²) in [7, 11) is 1.98. The quantitative estimate of drug-likeness (QED) is 0.282. The predicted molar refractivity (Wildman–Crippen MR) is 138 cm³/mol. The average Bonchev–Trinajstić information content (AvgIpc) is 3.11. The van der Waals surface area contributed by atoms with Crippen LogP contribution >= 0.6 is 0 Å². The van der Waals surface area contributed by atoms with Gasteiger partial charge >= 0.3 is 5.97 Å². The van der Waals surface area contributed by atoms with E-state index >= 15 is 0 Å². The van der Waals surface area contributed by atoms with Crippen molar-refractivity contribution in [3.8, 4) is 0 Å². The number of esters is 1. The molecule has 2 aromatic rings. The molecule has 2 unspecified atom stereocenters. The second-order valence-corrected chi connectivity index (χ2v) is 10.7. The topological polar surface area (TPSA) is 90.6 Å². The van der Waals surface area contributed by atoms with Crippen molar-refractivity contribution in [3.63, 3.8) is 0 Å². The highest BCUT2D eigenvalue weighted by atomic mass is 16.5. The lowest BCUT2D eigenvalue weighted by Crippen LogP contribution is -2.38. The fourth-order valence-electron chi connectivity index (χ4n) is 5.07. The number of ketones is 1. The van der Waals surface area contributed by atoms with Crippen molar-refractivity contribution in [2.45, 2.75) is 85.3 Å². The van der Waals surface area contributed by atoms with E-state index in [1.807, 2.05) is 57.5 Å². The molecule has 0 radical (unpaired) electrons. The van der Waals surface area contributed by atoms with Crippen LogP contribution in [0.3, 0.4) is 0 Å². The number of aryl methyl sites for hydroxylation is 2. The van der Waals surface area contributed by atoms with Crippen LogP contribution in [0.2, 0.25) is 0 Å². The van der Waals surface area contributed by atoms with Crippen molar-refractivity contribution in [3.05, 3.63) is 46.6 Å². The molecular weight excluding hydrogens is 442 g/mol. The second kappa shape index (κ2) is 11.3. The van der Waals surface area contributed by atoms with Crippen LogP contribution in [0.15, 0.2) is 35.5 Å². The van der Waals surface area contributed by atoms with Gasteiger partial charge in [0, 0.05) is 31.2 Å². The van der Waals surface area contributed by atoms with Gasteiger partial charge in [0.05, 0.1) is 11.0 Å². The van der Waals surface area contributed by atoms with Gasteiger partial charge in [-0.25, -0.2) is 4.98 Å². The Labute approximate surface area is 208 Å². The van der Waals surface area contributed by atoms with E-state index in [1.165, 1.54) is 0 Å². The number of hydrogen-bond acceptors (Lipinski definition) is 6. The number of allylic oxidation sites excluding steroid dienone is 1. The lowest BCUT2D eigenvalue weighted by atomic mass is 9.74. The molecule has 1 aromatic carbocycles. The minimum absolute atomic E-state index is 0.0230. The molecule has 7 heteroatoms. The van der Waals surface area contributed by atoms with Crippen molar-refractivity contribution in [2.75, 3.05) is 0 Å². The van der Waals surface area contributed by atoms with Gasteiger partial charge in [-0.1, -0.05) is 51.1 Å². The first kappa shape index (κ1) is 26.8. The third kappa shape index (κ3) is 6.24. The van der Waals surface area contributed by atoms with Crippen LogP contribution in [-0.4, -0.2) is 27.3 Å². The van der Waals surface area contributed by atoms with E-state index in [1.54, 1.807) is 6.92 Å². The van der Waals surface area contributed by atoms with Crippen LogP contribution in [-0.2, 0) is 21.4 Å². The number of cyclic esters (lactones) is 1. The molecule has 3 rings (SSSR count). The molecule has 0 fully saturated rings. The van der Waals surface area contributed by atoms with Gasteiger partial charge in [0.15, 0.2) is 0 Å². The highest BCUT2D eigenvalue weighted by Crippen LogP contribution is 2.34. The SMILES string of the molecule is Cc1nc2cc(C3C/C=C/CCC[C@H](C)C(N=O)[C@@H](C)C(=O)C(C)(C)CCC(=O)O3)ccc2n1C. The Kier molecular flexibility index (Phi) is 8.62. The summed E-state index contributed by atoms with van der Waals surface area (Å²) in [5.41, 5.74) is 2.07. The molecule has 0 N–H and O–H groups in total. The number of carbonyl (C=O) groups excluding carboxylic acids is 2. The van der Waals surface area contributed by atoms with Gasteiger partial charge in [-0.15, -0.1) is 0 Å². The number of nitrogens with zero attached hydrogens (tertiary/aromatic N) is 3. The van der Waals surface area contributed by atoms with E-state index in [4.69, 9.17) is 4.74 Å². The molecule has 7 nitrogen and oxygen atoms in total. The van der Waals surface area contributed by atoms with Crippen molar-refractivity contribution >= 4 is 22.8 Å². The number of fused-ring (bicyclic) bond motifs is 1. The molecule has 35 heavy (non-hydrogen) atoms. The predicted octanol–water partition coefficient (Wildman–Crippen LogP) is 6.38. The third-order valence-electron chi connectivity index (χ3n) is 7.57. The van der Waals surface area contributed by atoms with Crippen molar-refractivity contribution in [1.82, 2.24) is 9.55 Å². The summed E-state index contributed by atoms with van der Waals surface area (Å²) >= 11 is 0. The fourth-order valence-corrected chi connectivity index (χ4v) is 5.07. The largest absolute Gasteiger partial charge is 0.457 e. The van der Waals surface area contributed by atoms with Crippen LogP contribution in [0.5, 0.6) is 0 Å². The van der Waals surface area contributed by atoms with E-state index in [2.05, 4.69) is 22.3 Å². The van der Waals surface area contributed by atoms with Gasteiger partial charge in [-0.3, -0.25) is 9.59 Å². The molecule has 0 spiro atoms. The van der Waals surface area contributed by atoms with Gasteiger partial charge < -0.3 is 9.30 Å². The smallest absolute Gasteiger partial charge is 0.306 e. The second-order valence-electron chi connectivity index (χ2n) is 10.7. The van der Waals surface area contributed by atoms with Crippen molar-refractivity contribution < 1.29 is 14.3 Å². The molecule has 1 aromatic heterocycles. The van der Waals surface area contributed by atoms with E-state index in [0.717, 1.165) is 41.7 Å². The maximum absolute atomic E-state index is 13.2. The molecule has 1 aliphatic heterocycles. The summed E-state index contributed by atoms with van der Waals surface area (Å²) in [6.07, 6.45) is 7.38. The zero-order valence-corrected chi connectivity index (χ0v) is 21.9. The number of nitroso groups, excluding NO2 is 1. The first-order valence-corrected chi connectivity index (χ1v) is 12.7. The summed E-state index contributed by atoms with van der Waals surface area (Å²) in [6, 6.07) is 5.45. The maximum Gasteiger partial charge on any atom is 0.306 e. The number of benzene rings is 1.